The van der Waals surface area contributed by atoms with Crippen LogP contribution in [0, 0.1) is 0 Å². The quantitative estimate of drug-likeness (QED) is 0.845. The molecule has 0 radical (unpaired) electrons. The van der Waals surface area contributed by atoms with Crippen molar-refractivity contribution >= 4 is 27.5 Å². The summed E-state index contributed by atoms with van der Waals surface area (Å²) in [5.41, 5.74) is -0.113. The number of carbonyl (C=O) groups excluding carboxylic acids is 1. The van der Waals surface area contributed by atoms with Crippen LogP contribution in [0.15, 0.2) is 35.3 Å². The van der Waals surface area contributed by atoms with Crippen LogP contribution in [-0.4, -0.2) is 18.1 Å². The predicted molar refractivity (Wildman–Crippen MR) is 66.3 cm³/mol. The Labute approximate surface area is 103 Å². The number of amides is 1. The van der Waals surface area contributed by atoms with Crippen LogP contribution in [0.4, 0.5) is 5.69 Å². The normalized spacial score (nSPS) is 23.4. The second kappa shape index (κ2) is 3.71. The minimum absolute atomic E-state index is 0.214. The highest BCUT2D eigenvalue weighted by molar-refractivity contribution is 9.10. The molecule has 1 aromatic carbocycles. The number of carbonyl (C=O) groups is 1. The molecule has 3 nitrogen and oxygen atoms in total. The van der Waals surface area contributed by atoms with Gasteiger partial charge >= 0.3 is 0 Å². The number of benzene rings is 1. The standard InChI is InChI=1S/C12H12BrNO2/c1-3-7-12(16)10-8(13)5-4-6-9(10)14(2)11(12)15/h3-6,16H,1,7H2,2H3/t12-/m0/s1. The van der Waals surface area contributed by atoms with Gasteiger partial charge in [-0.3, -0.25) is 4.79 Å². The van der Waals surface area contributed by atoms with Crippen LogP contribution >= 0.6 is 15.9 Å². The Balaban J connectivity index is 2.69. The van der Waals surface area contributed by atoms with Gasteiger partial charge in [-0.1, -0.05) is 28.1 Å². The van der Waals surface area contributed by atoms with E-state index in [4.69, 9.17) is 0 Å². The van der Waals surface area contributed by atoms with Crippen molar-refractivity contribution in [1.82, 2.24) is 0 Å². The first kappa shape index (κ1) is 11.4. The highest BCUT2D eigenvalue weighted by atomic mass is 79.9. The monoisotopic (exact) mass is 281 g/mol. The average Bonchev–Trinajstić information content (AvgIpc) is 2.43. The summed E-state index contributed by atoms with van der Waals surface area (Å²) in [6, 6.07) is 5.48. The summed E-state index contributed by atoms with van der Waals surface area (Å²) in [5.74, 6) is -0.311. The van der Waals surface area contributed by atoms with Gasteiger partial charge in [0.25, 0.3) is 5.91 Å². The van der Waals surface area contributed by atoms with E-state index in [1.165, 1.54) is 4.90 Å². The molecule has 0 bridgehead atoms. The number of hydrogen-bond acceptors (Lipinski definition) is 2. The third-order valence-electron chi connectivity index (χ3n) is 2.86. The number of rotatable bonds is 2. The molecule has 4 heteroatoms. The molecule has 0 aromatic heterocycles. The smallest absolute Gasteiger partial charge is 0.263 e. The molecule has 1 N–H and O–H groups in total. The second-order valence-electron chi connectivity index (χ2n) is 3.85. The molecular weight excluding hydrogens is 270 g/mol. The minimum atomic E-state index is -1.48. The van der Waals surface area contributed by atoms with Crippen molar-refractivity contribution in [2.75, 3.05) is 11.9 Å². The molecule has 0 aliphatic carbocycles. The molecular formula is C12H12BrNO2. The molecule has 0 saturated heterocycles. The summed E-state index contributed by atoms with van der Waals surface area (Å²) in [6.07, 6.45) is 1.77. The first-order valence-electron chi connectivity index (χ1n) is 4.93. The number of aliphatic hydroxyl groups is 1. The largest absolute Gasteiger partial charge is 0.375 e. The maximum absolute atomic E-state index is 12.0. The van der Waals surface area contributed by atoms with E-state index in [0.29, 0.717) is 5.56 Å². The Morgan fingerprint density at radius 3 is 2.94 bits per heavy atom. The number of anilines is 1. The molecule has 1 aromatic rings. The summed E-state index contributed by atoms with van der Waals surface area (Å²) < 4.78 is 0.743. The summed E-state index contributed by atoms with van der Waals surface area (Å²) in [4.78, 5) is 13.5. The van der Waals surface area contributed by atoms with Gasteiger partial charge in [0.05, 0.1) is 5.69 Å². The molecule has 1 aliphatic heterocycles. The maximum atomic E-state index is 12.0. The third kappa shape index (κ3) is 1.33. The van der Waals surface area contributed by atoms with Crippen molar-refractivity contribution in [2.45, 2.75) is 12.0 Å². The molecule has 0 spiro atoms. The van der Waals surface area contributed by atoms with Crippen LogP contribution in [0.25, 0.3) is 0 Å². The van der Waals surface area contributed by atoms with Gasteiger partial charge in [0, 0.05) is 23.5 Å². The molecule has 84 valence electrons. The Morgan fingerprint density at radius 2 is 2.31 bits per heavy atom. The Hall–Kier alpha value is -1.13. The highest BCUT2D eigenvalue weighted by Crippen LogP contribution is 2.45. The lowest BCUT2D eigenvalue weighted by Gasteiger charge is -2.20. The first-order chi connectivity index (χ1) is 7.52. The molecule has 1 heterocycles. The van der Waals surface area contributed by atoms with Gasteiger partial charge in [0.1, 0.15) is 0 Å². The van der Waals surface area contributed by atoms with E-state index in [1.54, 1.807) is 13.1 Å². The molecule has 0 fully saturated rings. The SMILES string of the molecule is C=CC[C@@]1(O)C(=O)N(C)c2cccc(Br)c21. The van der Waals surface area contributed by atoms with Gasteiger partial charge in [-0.05, 0) is 12.1 Å². The highest BCUT2D eigenvalue weighted by Gasteiger charge is 2.48. The Morgan fingerprint density at radius 1 is 1.62 bits per heavy atom. The number of hydrogen-bond donors (Lipinski definition) is 1. The molecule has 0 saturated carbocycles. The van der Waals surface area contributed by atoms with Crippen molar-refractivity contribution in [1.29, 1.82) is 0 Å². The zero-order chi connectivity index (χ0) is 11.9. The van der Waals surface area contributed by atoms with Crippen molar-refractivity contribution in [2.24, 2.45) is 0 Å². The lowest BCUT2D eigenvalue weighted by molar-refractivity contribution is -0.135. The van der Waals surface area contributed by atoms with Gasteiger partial charge in [-0.15, -0.1) is 6.58 Å². The van der Waals surface area contributed by atoms with E-state index in [2.05, 4.69) is 22.5 Å². The van der Waals surface area contributed by atoms with Gasteiger partial charge in [0.2, 0.25) is 0 Å². The van der Waals surface area contributed by atoms with Gasteiger partial charge in [-0.25, -0.2) is 0 Å². The molecule has 16 heavy (non-hydrogen) atoms. The number of likely N-dealkylation sites (N-methyl/N-ethyl adjacent to an activating group) is 1. The average molecular weight is 282 g/mol. The lowest BCUT2D eigenvalue weighted by atomic mass is 9.92. The fourth-order valence-corrected chi connectivity index (χ4v) is 2.78. The first-order valence-corrected chi connectivity index (χ1v) is 5.72. The summed E-state index contributed by atoms with van der Waals surface area (Å²) in [5, 5.41) is 10.5. The number of nitrogens with zero attached hydrogens (tertiary/aromatic N) is 1. The van der Waals surface area contributed by atoms with Crippen molar-refractivity contribution in [3.8, 4) is 0 Å². The maximum Gasteiger partial charge on any atom is 0.263 e. The Kier molecular flexibility index (Phi) is 2.64. The van der Waals surface area contributed by atoms with Gasteiger partial charge in [0.15, 0.2) is 5.60 Å². The fourth-order valence-electron chi connectivity index (χ4n) is 2.09. The van der Waals surface area contributed by atoms with Crippen LogP contribution in [0.3, 0.4) is 0 Å². The Bertz CT molecular complexity index is 472. The molecule has 1 aliphatic rings. The van der Waals surface area contributed by atoms with Crippen LogP contribution in [-0.2, 0) is 10.4 Å². The topological polar surface area (TPSA) is 40.5 Å². The minimum Gasteiger partial charge on any atom is -0.375 e. The number of fused-ring (bicyclic) bond motifs is 1. The van der Waals surface area contributed by atoms with Crippen molar-refractivity contribution in [3.63, 3.8) is 0 Å². The van der Waals surface area contributed by atoms with Gasteiger partial charge in [-0.2, -0.15) is 0 Å². The van der Waals surface area contributed by atoms with E-state index in [-0.39, 0.29) is 12.3 Å². The lowest BCUT2D eigenvalue weighted by Crippen LogP contribution is -2.38. The molecule has 1 atom stereocenters. The zero-order valence-corrected chi connectivity index (χ0v) is 10.5. The van der Waals surface area contributed by atoms with Gasteiger partial charge < -0.3 is 10.0 Å². The molecule has 0 unspecified atom stereocenters. The van der Waals surface area contributed by atoms with Crippen LogP contribution < -0.4 is 4.90 Å². The van der Waals surface area contributed by atoms with E-state index in [1.807, 2.05) is 18.2 Å². The van der Waals surface area contributed by atoms with E-state index >= 15 is 0 Å². The summed E-state index contributed by atoms with van der Waals surface area (Å²) >= 11 is 3.37. The fraction of sp³-hybridized carbons (Fsp3) is 0.250. The number of halogens is 1. The molecule has 1 amide bonds. The zero-order valence-electron chi connectivity index (χ0n) is 8.90. The van der Waals surface area contributed by atoms with Crippen molar-refractivity contribution < 1.29 is 9.90 Å². The van der Waals surface area contributed by atoms with Crippen LogP contribution in [0.5, 0.6) is 0 Å². The second-order valence-corrected chi connectivity index (χ2v) is 4.71. The van der Waals surface area contributed by atoms with E-state index in [9.17, 15) is 9.90 Å². The molecule has 2 rings (SSSR count). The van der Waals surface area contributed by atoms with Crippen molar-refractivity contribution in [3.05, 3.63) is 40.9 Å². The van der Waals surface area contributed by atoms with E-state index < -0.39 is 5.60 Å². The summed E-state index contributed by atoms with van der Waals surface area (Å²) in [6.45, 7) is 3.59. The third-order valence-corrected chi connectivity index (χ3v) is 3.53. The van der Waals surface area contributed by atoms with Crippen LogP contribution in [0.1, 0.15) is 12.0 Å². The summed E-state index contributed by atoms with van der Waals surface area (Å²) in [7, 11) is 1.66. The van der Waals surface area contributed by atoms with E-state index in [0.717, 1.165) is 10.2 Å². The van der Waals surface area contributed by atoms with Crippen LogP contribution in [0.2, 0.25) is 0 Å². The predicted octanol–water partition coefficient (Wildman–Crippen LogP) is 2.19.